The lowest BCUT2D eigenvalue weighted by Gasteiger charge is -2.10. The monoisotopic (exact) mass is 221 g/mol. The van der Waals surface area contributed by atoms with Gasteiger partial charge in [0.2, 0.25) is 0 Å². The molecule has 0 bridgehead atoms. The van der Waals surface area contributed by atoms with Gasteiger partial charge in [-0.3, -0.25) is 4.68 Å². The third-order valence-electron chi connectivity index (χ3n) is 2.31. The molecule has 0 fully saturated rings. The first-order valence-electron chi connectivity index (χ1n) is 5.12. The molecular formula is C11H15N3S. The van der Waals surface area contributed by atoms with Crippen LogP contribution in [0.4, 0.5) is 5.69 Å². The fourth-order valence-corrected chi connectivity index (χ4v) is 2.20. The van der Waals surface area contributed by atoms with Crippen molar-refractivity contribution in [1.29, 1.82) is 0 Å². The van der Waals surface area contributed by atoms with E-state index >= 15 is 0 Å². The van der Waals surface area contributed by atoms with Crippen molar-refractivity contribution in [1.82, 2.24) is 9.78 Å². The van der Waals surface area contributed by atoms with E-state index in [1.807, 2.05) is 17.1 Å². The lowest BCUT2D eigenvalue weighted by Crippen LogP contribution is -2.03. The van der Waals surface area contributed by atoms with Crippen molar-refractivity contribution in [2.75, 3.05) is 5.32 Å². The summed E-state index contributed by atoms with van der Waals surface area (Å²) >= 11 is 1.77. The first kappa shape index (κ1) is 10.2. The van der Waals surface area contributed by atoms with Gasteiger partial charge in [0.05, 0.1) is 17.9 Å². The Morgan fingerprint density at radius 1 is 1.60 bits per heavy atom. The second-order valence-corrected chi connectivity index (χ2v) is 4.45. The maximum Gasteiger partial charge on any atom is 0.0731 e. The first-order chi connectivity index (χ1) is 7.29. The number of hydrogen-bond acceptors (Lipinski definition) is 3. The highest BCUT2D eigenvalue weighted by Gasteiger charge is 2.06. The molecule has 0 radical (unpaired) electrons. The lowest BCUT2D eigenvalue weighted by atomic mass is 10.3. The molecule has 0 saturated carbocycles. The Morgan fingerprint density at radius 3 is 3.07 bits per heavy atom. The average Bonchev–Trinajstić information content (AvgIpc) is 2.87. The van der Waals surface area contributed by atoms with E-state index in [0.29, 0.717) is 6.04 Å². The molecule has 3 nitrogen and oxygen atoms in total. The fraction of sp³-hybridized carbons (Fsp3) is 0.364. The van der Waals surface area contributed by atoms with E-state index in [1.54, 1.807) is 11.3 Å². The van der Waals surface area contributed by atoms with Crippen molar-refractivity contribution in [3.63, 3.8) is 0 Å². The Balaban J connectivity index is 2.02. The van der Waals surface area contributed by atoms with Gasteiger partial charge >= 0.3 is 0 Å². The van der Waals surface area contributed by atoms with Crippen molar-refractivity contribution < 1.29 is 0 Å². The predicted molar refractivity (Wildman–Crippen MR) is 64.3 cm³/mol. The van der Waals surface area contributed by atoms with E-state index in [2.05, 4.69) is 41.8 Å². The predicted octanol–water partition coefficient (Wildman–Crippen LogP) is 3.14. The van der Waals surface area contributed by atoms with Gasteiger partial charge in [-0.2, -0.15) is 5.10 Å². The molecule has 1 unspecified atom stereocenters. The van der Waals surface area contributed by atoms with E-state index in [1.165, 1.54) is 4.88 Å². The molecule has 2 rings (SSSR count). The van der Waals surface area contributed by atoms with E-state index < -0.39 is 0 Å². The van der Waals surface area contributed by atoms with Crippen LogP contribution in [0.3, 0.4) is 0 Å². The van der Waals surface area contributed by atoms with Gasteiger partial charge in [-0.1, -0.05) is 6.07 Å². The summed E-state index contributed by atoms with van der Waals surface area (Å²) in [6, 6.07) is 4.57. The molecule has 1 N–H and O–H groups in total. The topological polar surface area (TPSA) is 29.9 Å². The minimum atomic E-state index is 0.347. The van der Waals surface area contributed by atoms with Gasteiger partial charge < -0.3 is 5.32 Å². The van der Waals surface area contributed by atoms with E-state index in [0.717, 1.165) is 12.2 Å². The van der Waals surface area contributed by atoms with Crippen molar-refractivity contribution in [2.24, 2.45) is 0 Å². The van der Waals surface area contributed by atoms with Gasteiger partial charge in [-0.05, 0) is 25.3 Å². The molecule has 2 aromatic heterocycles. The molecule has 15 heavy (non-hydrogen) atoms. The maximum absolute atomic E-state index is 4.23. The van der Waals surface area contributed by atoms with Crippen LogP contribution in [-0.4, -0.2) is 9.78 Å². The summed E-state index contributed by atoms with van der Waals surface area (Å²) in [5, 5.41) is 9.75. The lowest BCUT2D eigenvalue weighted by molar-refractivity contribution is 0.660. The molecule has 0 aliphatic heterocycles. The first-order valence-corrected chi connectivity index (χ1v) is 6.00. The zero-order valence-electron chi connectivity index (χ0n) is 8.97. The number of rotatable bonds is 4. The summed E-state index contributed by atoms with van der Waals surface area (Å²) in [7, 11) is 0. The minimum absolute atomic E-state index is 0.347. The molecule has 80 valence electrons. The van der Waals surface area contributed by atoms with Gasteiger partial charge in [-0.15, -0.1) is 11.3 Å². The molecule has 2 aromatic rings. The summed E-state index contributed by atoms with van der Waals surface area (Å²) in [4.78, 5) is 1.35. The number of anilines is 1. The van der Waals surface area contributed by atoms with Gasteiger partial charge in [-0.25, -0.2) is 0 Å². The second kappa shape index (κ2) is 4.49. The number of aryl methyl sites for hydroxylation is 1. The zero-order valence-corrected chi connectivity index (χ0v) is 9.79. The molecule has 0 spiro atoms. The van der Waals surface area contributed by atoms with Crippen molar-refractivity contribution >= 4 is 17.0 Å². The SMILES string of the molecule is CCn1cc(NC(C)c2cccs2)cn1. The van der Waals surface area contributed by atoms with Crippen molar-refractivity contribution in [3.05, 3.63) is 34.8 Å². The van der Waals surface area contributed by atoms with Gasteiger partial charge in [0.25, 0.3) is 0 Å². The molecule has 0 aliphatic rings. The molecule has 1 atom stereocenters. The molecule has 0 amide bonds. The average molecular weight is 221 g/mol. The van der Waals surface area contributed by atoms with Crippen LogP contribution in [0.25, 0.3) is 0 Å². The molecule has 0 saturated heterocycles. The van der Waals surface area contributed by atoms with Gasteiger partial charge in [0.1, 0.15) is 0 Å². The molecule has 0 aliphatic carbocycles. The van der Waals surface area contributed by atoms with Crippen molar-refractivity contribution in [3.8, 4) is 0 Å². The summed E-state index contributed by atoms with van der Waals surface area (Å²) in [6.07, 6.45) is 3.90. The third kappa shape index (κ3) is 2.39. The Kier molecular flexibility index (Phi) is 3.06. The van der Waals surface area contributed by atoms with Crippen LogP contribution in [-0.2, 0) is 6.54 Å². The Labute approximate surface area is 93.7 Å². The van der Waals surface area contributed by atoms with Crippen LogP contribution in [0.2, 0.25) is 0 Å². The largest absolute Gasteiger partial charge is 0.375 e. The highest BCUT2D eigenvalue weighted by molar-refractivity contribution is 7.10. The van der Waals surface area contributed by atoms with Crippen LogP contribution in [0.15, 0.2) is 29.9 Å². The van der Waals surface area contributed by atoms with E-state index in [-0.39, 0.29) is 0 Å². The minimum Gasteiger partial charge on any atom is -0.375 e. The highest BCUT2D eigenvalue weighted by Crippen LogP contribution is 2.22. The number of hydrogen-bond donors (Lipinski definition) is 1. The number of nitrogens with zero attached hydrogens (tertiary/aromatic N) is 2. The standard InChI is InChI=1S/C11H15N3S/c1-3-14-8-10(7-12-14)13-9(2)11-5-4-6-15-11/h4-9,13H,3H2,1-2H3. The smallest absolute Gasteiger partial charge is 0.0731 e. The summed E-state index contributed by atoms with van der Waals surface area (Å²) < 4.78 is 1.92. The van der Waals surface area contributed by atoms with Crippen LogP contribution in [0, 0.1) is 0 Å². The normalized spacial score (nSPS) is 12.7. The summed E-state index contributed by atoms with van der Waals surface area (Å²) in [5.41, 5.74) is 1.08. The maximum atomic E-state index is 4.23. The number of thiophene rings is 1. The summed E-state index contributed by atoms with van der Waals surface area (Å²) in [6.45, 7) is 5.16. The van der Waals surface area contributed by atoms with Gasteiger partial charge in [0.15, 0.2) is 0 Å². The number of aromatic nitrogens is 2. The molecular weight excluding hydrogens is 206 g/mol. The van der Waals surface area contributed by atoms with Crippen LogP contribution >= 0.6 is 11.3 Å². The fourth-order valence-electron chi connectivity index (χ4n) is 1.47. The molecule has 2 heterocycles. The molecule has 4 heteroatoms. The Bertz CT molecular complexity index is 405. The van der Waals surface area contributed by atoms with Gasteiger partial charge in [0, 0.05) is 17.6 Å². The van der Waals surface area contributed by atoms with Crippen LogP contribution in [0.5, 0.6) is 0 Å². The van der Waals surface area contributed by atoms with E-state index in [4.69, 9.17) is 0 Å². The Hall–Kier alpha value is -1.29. The summed E-state index contributed by atoms with van der Waals surface area (Å²) in [5.74, 6) is 0. The van der Waals surface area contributed by atoms with Crippen LogP contribution < -0.4 is 5.32 Å². The highest BCUT2D eigenvalue weighted by atomic mass is 32.1. The van der Waals surface area contributed by atoms with E-state index in [9.17, 15) is 0 Å². The van der Waals surface area contributed by atoms with Crippen molar-refractivity contribution in [2.45, 2.75) is 26.4 Å². The quantitative estimate of drug-likeness (QED) is 0.859. The molecule has 0 aromatic carbocycles. The Morgan fingerprint density at radius 2 is 2.47 bits per heavy atom. The zero-order chi connectivity index (χ0) is 10.7. The number of nitrogens with one attached hydrogen (secondary N) is 1. The second-order valence-electron chi connectivity index (χ2n) is 3.47. The third-order valence-corrected chi connectivity index (χ3v) is 3.37. The van der Waals surface area contributed by atoms with Crippen LogP contribution in [0.1, 0.15) is 24.8 Å².